The Morgan fingerprint density at radius 3 is 3.00 bits per heavy atom. The van der Waals surface area contributed by atoms with E-state index >= 15 is 0 Å². The molecule has 5 nitrogen and oxygen atoms in total. The highest BCUT2D eigenvalue weighted by Gasteiger charge is 2.29. The van der Waals surface area contributed by atoms with Crippen molar-refractivity contribution in [1.29, 1.82) is 0 Å². The number of rotatable bonds is 5. The number of nitrogens with one attached hydrogen (secondary N) is 1. The van der Waals surface area contributed by atoms with Crippen LogP contribution in [0, 0.1) is 5.92 Å². The Bertz CT molecular complexity index is 464. The van der Waals surface area contributed by atoms with Gasteiger partial charge in [-0.1, -0.05) is 12.1 Å². The number of likely N-dealkylation sites (tertiary alicyclic amines) is 1. The Hall–Kier alpha value is -1.59. The predicted molar refractivity (Wildman–Crippen MR) is 80.3 cm³/mol. The van der Waals surface area contributed by atoms with Gasteiger partial charge in [0.2, 0.25) is 5.91 Å². The van der Waals surface area contributed by atoms with Crippen LogP contribution in [-0.2, 0) is 4.79 Å². The molecule has 0 radical (unpaired) electrons. The lowest BCUT2D eigenvalue weighted by molar-refractivity contribution is -0.120. The maximum atomic E-state index is 12.3. The normalized spacial score (nSPS) is 20.8. The summed E-state index contributed by atoms with van der Waals surface area (Å²) >= 11 is 0. The van der Waals surface area contributed by atoms with E-state index in [1.54, 1.807) is 12.1 Å². The van der Waals surface area contributed by atoms with Crippen molar-refractivity contribution in [3.05, 3.63) is 24.3 Å². The van der Waals surface area contributed by atoms with Crippen LogP contribution in [0.4, 0.5) is 11.4 Å². The van der Waals surface area contributed by atoms with Crippen molar-refractivity contribution in [2.45, 2.75) is 25.8 Å². The van der Waals surface area contributed by atoms with Gasteiger partial charge in [-0.15, -0.1) is 0 Å². The molecule has 1 saturated heterocycles. The Kier molecular flexibility index (Phi) is 4.98. The molecule has 110 valence electrons. The van der Waals surface area contributed by atoms with Crippen molar-refractivity contribution in [3.63, 3.8) is 0 Å². The summed E-state index contributed by atoms with van der Waals surface area (Å²) in [6.45, 7) is 3.92. The molecule has 2 atom stereocenters. The molecule has 0 saturated carbocycles. The summed E-state index contributed by atoms with van der Waals surface area (Å²) in [5, 5.41) is 11.9. The summed E-state index contributed by atoms with van der Waals surface area (Å²) in [5.74, 6) is 0.463. The molecular weight excluding hydrogens is 254 g/mol. The molecule has 1 fully saturated rings. The summed E-state index contributed by atoms with van der Waals surface area (Å²) in [7, 11) is 0. The van der Waals surface area contributed by atoms with E-state index < -0.39 is 0 Å². The first-order valence-corrected chi connectivity index (χ1v) is 7.12. The molecule has 4 N–H and O–H groups in total. The first-order valence-electron chi connectivity index (χ1n) is 7.12. The van der Waals surface area contributed by atoms with Crippen molar-refractivity contribution in [1.82, 2.24) is 4.90 Å². The van der Waals surface area contributed by atoms with Gasteiger partial charge in [-0.2, -0.15) is 0 Å². The zero-order valence-corrected chi connectivity index (χ0v) is 11.9. The number of amides is 1. The number of benzene rings is 1. The van der Waals surface area contributed by atoms with Crippen LogP contribution in [0.15, 0.2) is 24.3 Å². The Morgan fingerprint density at radius 2 is 2.30 bits per heavy atom. The summed E-state index contributed by atoms with van der Waals surface area (Å²) in [6.07, 6.45) is 1.86. The quantitative estimate of drug-likeness (QED) is 0.709. The fraction of sp³-hybridized carbons (Fsp3) is 0.533. The molecule has 20 heavy (non-hydrogen) atoms. The zero-order valence-electron chi connectivity index (χ0n) is 11.9. The van der Waals surface area contributed by atoms with Crippen LogP contribution in [0.5, 0.6) is 0 Å². The molecular formula is C15H23N3O2. The second-order valence-electron chi connectivity index (χ2n) is 5.41. The number of carbonyl (C=O) groups is 1. The van der Waals surface area contributed by atoms with E-state index in [1.165, 1.54) is 0 Å². The zero-order chi connectivity index (χ0) is 14.5. The van der Waals surface area contributed by atoms with Gasteiger partial charge in [0.25, 0.3) is 0 Å². The minimum atomic E-state index is -0.182. The lowest BCUT2D eigenvalue weighted by Crippen LogP contribution is -2.40. The molecule has 1 heterocycles. The Balaban J connectivity index is 1.91. The fourth-order valence-corrected chi connectivity index (χ4v) is 2.65. The number of carbonyl (C=O) groups excluding carboxylic acids is 1. The van der Waals surface area contributed by atoms with Gasteiger partial charge in [-0.25, -0.2) is 0 Å². The van der Waals surface area contributed by atoms with Gasteiger partial charge in [-0.3, -0.25) is 9.69 Å². The van der Waals surface area contributed by atoms with Crippen LogP contribution in [0.1, 0.15) is 19.8 Å². The van der Waals surface area contributed by atoms with Crippen LogP contribution in [-0.4, -0.2) is 41.7 Å². The summed E-state index contributed by atoms with van der Waals surface area (Å²) in [6, 6.07) is 7.09. The number of nitrogens with two attached hydrogens (primary N) is 1. The molecule has 1 amide bonds. The minimum Gasteiger partial charge on any atom is -0.397 e. The van der Waals surface area contributed by atoms with E-state index in [4.69, 9.17) is 10.8 Å². The number of para-hydroxylation sites is 2. The van der Waals surface area contributed by atoms with E-state index in [0.29, 0.717) is 17.3 Å². The number of anilines is 2. The van der Waals surface area contributed by atoms with E-state index in [1.807, 2.05) is 19.1 Å². The average molecular weight is 277 g/mol. The summed E-state index contributed by atoms with van der Waals surface area (Å²) in [5.41, 5.74) is 7.07. The summed E-state index contributed by atoms with van der Waals surface area (Å²) < 4.78 is 0. The SMILES string of the molecule is CC(C(=O)Nc1ccccc1N)N1CCC(CCO)C1. The third-order valence-corrected chi connectivity index (χ3v) is 4.00. The summed E-state index contributed by atoms with van der Waals surface area (Å²) in [4.78, 5) is 14.4. The smallest absolute Gasteiger partial charge is 0.241 e. The molecule has 0 aliphatic carbocycles. The molecule has 0 bridgehead atoms. The topological polar surface area (TPSA) is 78.6 Å². The lowest BCUT2D eigenvalue weighted by Gasteiger charge is -2.23. The molecule has 1 aliphatic heterocycles. The third kappa shape index (κ3) is 3.49. The van der Waals surface area contributed by atoms with Gasteiger partial charge in [0.05, 0.1) is 17.4 Å². The number of nitrogen functional groups attached to an aromatic ring is 1. The Morgan fingerprint density at radius 1 is 1.55 bits per heavy atom. The molecule has 2 rings (SSSR count). The number of nitrogens with zero attached hydrogens (tertiary/aromatic N) is 1. The van der Waals surface area contributed by atoms with Crippen molar-refractivity contribution in [2.24, 2.45) is 5.92 Å². The third-order valence-electron chi connectivity index (χ3n) is 4.00. The minimum absolute atomic E-state index is 0.0347. The molecule has 5 heteroatoms. The van der Waals surface area contributed by atoms with Gasteiger partial charge in [0.15, 0.2) is 0 Å². The van der Waals surface area contributed by atoms with Crippen LogP contribution >= 0.6 is 0 Å². The molecule has 1 aromatic carbocycles. The van der Waals surface area contributed by atoms with Gasteiger partial charge < -0.3 is 16.2 Å². The van der Waals surface area contributed by atoms with Crippen molar-refractivity contribution in [3.8, 4) is 0 Å². The average Bonchev–Trinajstić information content (AvgIpc) is 2.89. The number of aliphatic hydroxyl groups is 1. The predicted octanol–water partition coefficient (Wildman–Crippen LogP) is 1.30. The van der Waals surface area contributed by atoms with Gasteiger partial charge in [-0.05, 0) is 44.4 Å². The van der Waals surface area contributed by atoms with Crippen LogP contribution in [0.3, 0.4) is 0 Å². The number of hydrogen-bond donors (Lipinski definition) is 3. The first kappa shape index (κ1) is 14.8. The van der Waals surface area contributed by atoms with Gasteiger partial charge in [0.1, 0.15) is 0 Å². The standard InChI is InChI=1S/C15H23N3O2/c1-11(18-8-6-12(10-18)7-9-19)15(20)17-14-5-3-2-4-13(14)16/h2-5,11-12,19H,6-10,16H2,1H3,(H,17,20). The monoisotopic (exact) mass is 277 g/mol. The van der Waals surface area contributed by atoms with Crippen LogP contribution in [0.25, 0.3) is 0 Å². The highest BCUT2D eigenvalue weighted by Crippen LogP contribution is 2.22. The molecule has 1 aromatic rings. The lowest BCUT2D eigenvalue weighted by atomic mass is 10.1. The van der Waals surface area contributed by atoms with E-state index in [9.17, 15) is 4.79 Å². The number of aliphatic hydroxyl groups excluding tert-OH is 1. The van der Waals surface area contributed by atoms with E-state index in [2.05, 4.69) is 10.2 Å². The van der Waals surface area contributed by atoms with Crippen LogP contribution in [0.2, 0.25) is 0 Å². The Labute approximate surface area is 119 Å². The molecule has 2 unspecified atom stereocenters. The second-order valence-corrected chi connectivity index (χ2v) is 5.41. The molecule has 0 spiro atoms. The van der Waals surface area contributed by atoms with Gasteiger partial charge in [0, 0.05) is 13.2 Å². The fourth-order valence-electron chi connectivity index (χ4n) is 2.65. The highest BCUT2D eigenvalue weighted by molar-refractivity contribution is 5.97. The van der Waals surface area contributed by atoms with Gasteiger partial charge >= 0.3 is 0 Å². The highest BCUT2D eigenvalue weighted by atomic mass is 16.3. The first-order chi connectivity index (χ1) is 9.61. The maximum absolute atomic E-state index is 12.3. The molecule has 1 aliphatic rings. The van der Waals surface area contributed by atoms with Crippen LogP contribution < -0.4 is 11.1 Å². The largest absolute Gasteiger partial charge is 0.397 e. The van der Waals surface area contributed by atoms with Crippen molar-refractivity contribution < 1.29 is 9.90 Å². The van der Waals surface area contributed by atoms with Crippen molar-refractivity contribution in [2.75, 3.05) is 30.7 Å². The van der Waals surface area contributed by atoms with E-state index in [-0.39, 0.29) is 18.6 Å². The number of hydrogen-bond acceptors (Lipinski definition) is 4. The molecule has 0 aromatic heterocycles. The van der Waals surface area contributed by atoms with Crippen molar-refractivity contribution >= 4 is 17.3 Å². The second kappa shape index (κ2) is 6.72. The maximum Gasteiger partial charge on any atom is 0.241 e. The van der Waals surface area contributed by atoms with E-state index in [0.717, 1.165) is 25.9 Å².